The van der Waals surface area contributed by atoms with E-state index >= 15 is 0 Å². The lowest BCUT2D eigenvalue weighted by Crippen LogP contribution is -2.57. The predicted molar refractivity (Wildman–Crippen MR) is 155 cm³/mol. The maximum Gasteiger partial charge on any atom is 0.246 e. The number of aliphatic hydroxyl groups excluding tert-OH is 1. The molecule has 8 nitrogen and oxygen atoms in total. The molecular formula is C30H44N4O4S. The zero-order valence-electron chi connectivity index (χ0n) is 24.1. The summed E-state index contributed by atoms with van der Waals surface area (Å²) in [6.07, 6.45) is 3.65. The van der Waals surface area contributed by atoms with E-state index in [1.165, 1.54) is 4.90 Å². The summed E-state index contributed by atoms with van der Waals surface area (Å²) in [7, 11) is 0. The molecule has 1 saturated heterocycles. The molecule has 0 bridgehead atoms. The van der Waals surface area contributed by atoms with Gasteiger partial charge < -0.3 is 20.6 Å². The van der Waals surface area contributed by atoms with Crippen molar-refractivity contribution in [2.24, 2.45) is 5.41 Å². The van der Waals surface area contributed by atoms with Gasteiger partial charge in [-0.25, -0.2) is 4.98 Å². The normalized spacial score (nSPS) is 19.0. The Kier molecular flexibility index (Phi) is 10.7. The van der Waals surface area contributed by atoms with Crippen LogP contribution in [0.15, 0.2) is 29.8 Å². The number of nitrogens with one attached hydrogen (secondary N) is 2. The van der Waals surface area contributed by atoms with Crippen LogP contribution in [0, 0.1) is 12.3 Å². The molecule has 4 atom stereocenters. The fourth-order valence-electron chi connectivity index (χ4n) is 4.96. The monoisotopic (exact) mass is 556 g/mol. The first-order chi connectivity index (χ1) is 18.4. The number of unbranched alkanes of at least 4 members (excludes halogenated alkanes) is 3. The number of amides is 3. The fourth-order valence-corrected chi connectivity index (χ4v) is 5.77. The molecule has 9 heteroatoms. The van der Waals surface area contributed by atoms with E-state index in [2.05, 4.69) is 22.5 Å². The fraction of sp³-hybridized carbons (Fsp3) is 0.600. The highest BCUT2D eigenvalue weighted by molar-refractivity contribution is 7.13. The number of carbonyl (C=O) groups is 3. The summed E-state index contributed by atoms with van der Waals surface area (Å²) in [6.45, 7) is 11.8. The van der Waals surface area contributed by atoms with E-state index in [0.717, 1.165) is 47.4 Å². The number of aryl methyl sites for hydroxylation is 1. The van der Waals surface area contributed by atoms with Crippen LogP contribution < -0.4 is 10.6 Å². The van der Waals surface area contributed by atoms with Gasteiger partial charge in [-0.1, -0.05) is 71.2 Å². The molecule has 1 aliphatic heterocycles. The van der Waals surface area contributed by atoms with Crippen LogP contribution in [0.2, 0.25) is 0 Å². The molecule has 3 N–H and O–H groups in total. The molecule has 0 radical (unpaired) electrons. The molecule has 1 fully saturated rings. The predicted octanol–water partition coefficient (Wildman–Crippen LogP) is 4.76. The highest BCUT2D eigenvalue weighted by Crippen LogP contribution is 2.29. The molecule has 2 heterocycles. The summed E-state index contributed by atoms with van der Waals surface area (Å²) in [4.78, 5) is 46.6. The minimum absolute atomic E-state index is 0.0626. The molecule has 1 aliphatic rings. The van der Waals surface area contributed by atoms with E-state index < -0.39 is 23.6 Å². The molecule has 3 amide bonds. The first-order valence-electron chi connectivity index (χ1n) is 14.0. The van der Waals surface area contributed by atoms with Gasteiger partial charge in [-0.05, 0) is 36.8 Å². The number of hydrogen-bond donors (Lipinski definition) is 3. The number of likely N-dealkylation sites (tertiary alicyclic amines) is 1. The Morgan fingerprint density at radius 3 is 2.41 bits per heavy atom. The Morgan fingerprint density at radius 1 is 1.13 bits per heavy atom. The molecule has 214 valence electrons. The van der Waals surface area contributed by atoms with Gasteiger partial charge in [-0.3, -0.25) is 14.4 Å². The molecule has 39 heavy (non-hydrogen) atoms. The molecule has 1 aromatic heterocycles. The number of thiazole rings is 1. The quantitative estimate of drug-likeness (QED) is 0.346. The van der Waals surface area contributed by atoms with Crippen molar-refractivity contribution in [2.45, 2.75) is 104 Å². The second-order valence-corrected chi connectivity index (χ2v) is 12.5. The summed E-state index contributed by atoms with van der Waals surface area (Å²) in [5.41, 5.74) is 4.27. The van der Waals surface area contributed by atoms with Crippen molar-refractivity contribution in [2.75, 3.05) is 6.54 Å². The molecule has 2 aromatic rings. The maximum atomic E-state index is 13.7. The number of carbonyl (C=O) groups excluding carboxylic acids is 3. The van der Waals surface area contributed by atoms with E-state index in [1.807, 2.05) is 64.4 Å². The van der Waals surface area contributed by atoms with Crippen LogP contribution in [0.5, 0.6) is 0 Å². The van der Waals surface area contributed by atoms with Crippen LogP contribution in [0.25, 0.3) is 10.4 Å². The van der Waals surface area contributed by atoms with Crippen LogP contribution in [-0.2, 0) is 14.4 Å². The average Bonchev–Trinajstić information content (AvgIpc) is 3.49. The van der Waals surface area contributed by atoms with Gasteiger partial charge in [0.1, 0.15) is 12.1 Å². The van der Waals surface area contributed by atoms with Crippen molar-refractivity contribution in [3.05, 3.63) is 41.0 Å². The Hall–Kier alpha value is -2.78. The van der Waals surface area contributed by atoms with Gasteiger partial charge in [0.25, 0.3) is 0 Å². The topological polar surface area (TPSA) is 112 Å². The summed E-state index contributed by atoms with van der Waals surface area (Å²) in [5.74, 6) is -0.808. The minimum atomic E-state index is -0.805. The lowest BCUT2D eigenvalue weighted by Gasteiger charge is -2.35. The second-order valence-electron chi connectivity index (χ2n) is 11.7. The van der Waals surface area contributed by atoms with Gasteiger partial charge in [-0.2, -0.15) is 0 Å². The third-order valence-electron chi connectivity index (χ3n) is 7.32. The van der Waals surface area contributed by atoms with E-state index in [0.29, 0.717) is 6.42 Å². The molecule has 1 aromatic carbocycles. The molecule has 3 rings (SSSR count). The van der Waals surface area contributed by atoms with Gasteiger partial charge in [0.15, 0.2) is 0 Å². The summed E-state index contributed by atoms with van der Waals surface area (Å²) < 4.78 is 0. The number of nitrogens with zero attached hydrogens (tertiary/aromatic N) is 2. The number of rotatable bonds is 11. The first-order valence-corrected chi connectivity index (χ1v) is 14.9. The van der Waals surface area contributed by atoms with E-state index in [1.54, 1.807) is 11.3 Å². The third kappa shape index (κ3) is 8.11. The van der Waals surface area contributed by atoms with Crippen LogP contribution in [0.3, 0.4) is 0 Å². The van der Waals surface area contributed by atoms with Crippen LogP contribution >= 0.6 is 11.3 Å². The average molecular weight is 557 g/mol. The van der Waals surface area contributed by atoms with Crippen molar-refractivity contribution in [3.8, 4) is 10.4 Å². The van der Waals surface area contributed by atoms with Crippen LogP contribution in [-0.4, -0.2) is 57.4 Å². The highest BCUT2D eigenvalue weighted by atomic mass is 32.1. The first kappa shape index (κ1) is 30.8. The van der Waals surface area contributed by atoms with E-state index in [-0.39, 0.29) is 36.7 Å². The van der Waals surface area contributed by atoms with Crippen molar-refractivity contribution < 1.29 is 19.5 Å². The number of aliphatic hydroxyl groups is 1. The standard InChI is InChI=1S/C30H44N4O4S/c1-7-8-9-10-11-25(36)33-27(30(4,5)6)29(38)34-17-23(35)16-24(34)28(37)32-19(2)21-12-14-22(15-13-21)26-20(3)31-18-39-26/h12-15,18-19,23-24,27,35H,7-11,16-17H2,1-6H3,(H,32,37)(H,33,36)/t19-,23+,24-,27+/m0/s1. The van der Waals surface area contributed by atoms with Gasteiger partial charge in [0.2, 0.25) is 17.7 Å². The van der Waals surface area contributed by atoms with E-state index in [4.69, 9.17) is 0 Å². The summed E-state index contributed by atoms with van der Waals surface area (Å²) in [6, 6.07) is 6.12. The maximum absolute atomic E-state index is 13.7. The van der Waals surface area contributed by atoms with Gasteiger partial charge in [-0.15, -0.1) is 11.3 Å². The van der Waals surface area contributed by atoms with Crippen LogP contribution in [0.1, 0.15) is 90.4 Å². The van der Waals surface area contributed by atoms with E-state index in [9.17, 15) is 19.5 Å². The Morgan fingerprint density at radius 2 is 1.82 bits per heavy atom. The molecule has 0 unspecified atom stereocenters. The van der Waals surface area contributed by atoms with Crippen molar-refractivity contribution >= 4 is 29.1 Å². The van der Waals surface area contributed by atoms with Gasteiger partial charge in [0, 0.05) is 19.4 Å². The second kappa shape index (κ2) is 13.5. The van der Waals surface area contributed by atoms with Crippen molar-refractivity contribution in [3.63, 3.8) is 0 Å². The Bertz CT molecular complexity index is 1120. The number of β-amino-alcohol motifs (C(OH)–C–C–N with tert-alkyl or cyclic N) is 1. The number of hydrogen-bond acceptors (Lipinski definition) is 6. The molecular weight excluding hydrogens is 512 g/mol. The molecule has 0 saturated carbocycles. The molecule has 0 spiro atoms. The Balaban J connectivity index is 1.68. The zero-order valence-corrected chi connectivity index (χ0v) is 24.9. The number of aromatic nitrogens is 1. The smallest absolute Gasteiger partial charge is 0.246 e. The van der Waals surface area contributed by atoms with Gasteiger partial charge in [0.05, 0.1) is 28.2 Å². The van der Waals surface area contributed by atoms with Crippen LogP contribution in [0.4, 0.5) is 0 Å². The highest BCUT2D eigenvalue weighted by Gasteiger charge is 2.44. The largest absolute Gasteiger partial charge is 0.391 e. The summed E-state index contributed by atoms with van der Waals surface area (Å²) in [5, 5.41) is 16.4. The third-order valence-corrected chi connectivity index (χ3v) is 8.30. The van der Waals surface area contributed by atoms with Gasteiger partial charge >= 0.3 is 0 Å². The van der Waals surface area contributed by atoms with Crippen molar-refractivity contribution in [1.29, 1.82) is 0 Å². The lowest BCUT2D eigenvalue weighted by atomic mass is 9.85. The lowest BCUT2D eigenvalue weighted by molar-refractivity contribution is -0.144. The minimum Gasteiger partial charge on any atom is -0.391 e. The Labute approximate surface area is 236 Å². The summed E-state index contributed by atoms with van der Waals surface area (Å²) >= 11 is 1.59. The van der Waals surface area contributed by atoms with Crippen molar-refractivity contribution in [1.82, 2.24) is 20.5 Å². The SMILES string of the molecule is CCCCCCC(=O)N[C@H](C(=O)N1C[C@H](O)C[C@H]1C(=O)N[C@@H](C)c1ccc(-c2scnc2C)cc1)C(C)(C)C. The number of benzene rings is 1. The zero-order chi connectivity index (χ0) is 28.7. The molecule has 0 aliphatic carbocycles.